The molecule has 5 nitrogen and oxygen atoms in total. The molecule has 88 valence electrons. The predicted molar refractivity (Wildman–Crippen MR) is 61.9 cm³/mol. The molecule has 2 aliphatic heterocycles. The molecule has 1 unspecified atom stereocenters. The van der Waals surface area contributed by atoms with Gasteiger partial charge in [-0.3, -0.25) is 4.90 Å². The molecule has 0 radical (unpaired) electrons. The van der Waals surface area contributed by atoms with Gasteiger partial charge in [-0.2, -0.15) is 0 Å². The second kappa shape index (κ2) is 4.35. The Morgan fingerprint density at radius 1 is 1.25 bits per heavy atom. The average molecular weight is 223 g/mol. The van der Waals surface area contributed by atoms with Crippen molar-refractivity contribution in [3.05, 3.63) is 12.5 Å². The van der Waals surface area contributed by atoms with Crippen molar-refractivity contribution in [1.29, 1.82) is 0 Å². The van der Waals surface area contributed by atoms with Gasteiger partial charge in [0, 0.05) is 26.2 Å². The van der Waals surface area contributed by atoms with E-state index >= 15 is 0 Å². The van der Waals surface area contributed by atoms with Gasteiger partial charge in [0.05, 0.1) is 30.6 Å². The zero-order chi connectivity index (χ0) is 10.8. The smallest absolute Gasteiger partial charge is 0.116 e. The standard InChI is InChI=1S/C11H17N3O2/c1-3-15-4-2-14(1)6-9-5-12-10-7-16-8-11(10)13-9/h7-9,12-13H,1-6H2. The van der Waals surface area contributed by atoms with E-state index in [1.807, 2.05) is 0 Å². The van der Waals surface area contributed by atoms with E-state index in [4.69, 9.17) is 9.15 Å². The normalized spacial score (nSPS) is 25.6. The first-order valence-electron chi connectivity index (χ1n) is 5.78. The van der Waals surface area contributed by atoms with Gasteiger partial charge < -0.3 is 19.8 Å². The van der Waals surface area contributed by atoms with Crippen molar-refractivity contribution in [2.24, 2.45) is 0 Å². The number of anilines is 2. The summed E-state index contributed by atoms with van der Waals surface area (Å²) in [4.78, 5) is 2.44. The van der Waals surface area contributed by atoms with Crippen molar-refractivity contribution in [1.82, 2.24) is 4.90 Å². The summed E-state index contributed by atoms with van der Waals surface area (Å²) >= 11 is 0. The Hall–Kier alpha value is -1.20. The van der Waals surface area contributed by atoms with Crippen LogP contribution < -0.4 is 10.6 Å². The molecule has 3 rings (SSSR count). The maximum Gasteiger partial charge on any atom is 0.116 e. The van der Waals surface area contributed by atoms with Crippen LogP contribution in [0, 0.1) is 0 Å². The molecule has 1 aromatic rings. The van der Waals surface area contributed by atoms with Crippen LogP contribution in [0.5, 0.6) is 0 Å². The summed E-state index contributed by atoms with van der Waals surface area (Å²) in [7, 11) is 0. The Morgan fingerprint density at radius 2 is 2.06 bits per heavy atom. The third kappa shape index (κ3) is 2.01. The van der Waals surface area contributed by atoms with Crippen LogP contribution in [0.3, 0.4) is 0 Å². The maximum atomic E-state index is 5.34. The van der Waals surface area contributed by atoms with Gasteiger partial charge in [0.25, 0.3) is 0 Å². The number of rotatable bonds is 2. The van der Waals surface area contributed by atoms with Crippen LogP contribution in [0.4, 0.5) is 11.4 Å². The third-order valence-corrected chi connectivity index (χ3v) is 3.14. The van der Waals surface area contributed by atoms with E-state index in [0.29, 0.717) is 6.04 Å². The van der Waals surface area contributed by atoms with Crippen molar-refractivity contribution in [2.45, 2.75) is 6.04 Å². The minimum absolute atomic E-state index is 0.447. The van der Waals surface area contributed by atoms with Crippen LogP contribution in [-0.4, -0.2) is 50.3 Å². The summed E-state index contributed by atoms with van der Waals surface area (Å²) in [5, 5.41) is 6.85. The molecule has 1 saturated heterocycles. The van der Waals surface area contributed by atoms with Gasteiger partial charge in [0.2, 0.25) is 0 Å². The fourth-order valence-electron chi connectivity index (χ4n) is 2.26. The van der Waals surface area contributed by atoms with Gasteiger partial charge in [0.1, 0.15) is 12.5 Å². The summed E-state index contributed by atoms with van der Waals surface area (Å²) in [6.45, 7) is 5.80. The maximum absolute atomic E-state index is 5.34. The minimum Gasteiger partial charge on any atom is -0.468 e. The first kappa shape index (κ1) is 9.99. The first-order valence-corrected chi connectivity index (χ1v) is 5.78. The Kier molecular flexibility index (Phi) is 2.71. The van der Waals surface area contributed by atoms with Gasteiger partial charge in [-0.05, 0) is 0 Å². The number of nitrogens with zero attached hydrogens (tertiary/aromatic N) is 1. The molecule has 3 heterocycles. The molecular formula is C11H17N3O2. The number of nitrogens with one attached hydrogen (secondary N) is 2. The van der Waals surface area contributed by atoms with Crippen molar-refractivity contribution < 1.29 is 9.15 Å². The highest BCUT2D eigenvalue weighted by atomic mass is 16.5. The van der Waals surface area contributed by atoms with Gasteiger partial charge in [-0.1, -0.05) is 0 Å². The second-order valence-corrected chi connectivity index (χ2v) is 4.33. The summed E-state index contributed by atoms with van der Waals surface area (Å²) in [5.41, 5.74) is 2.14. The monoisotopic (exact) mass is 223 g/mol. The van der Waals surface area contributed by atoms with Crippen LogP contribution in [0.1, 0.15) is 0 Å². The quantitative estimate of drug-likeness (QED) is 0.777. The lowest BCUT2D eigenvalue weighted by molar-refractivity contribution is 0.0365. The van der Waals surface area contributed by atoms with E-state index in [-0.39, 0.29) is 0 Å². The van der Waals surface area contributed by atoms with E-state index in [2.05, 4.69) is 15.5 Å². The lowest BCUT2D eigenvalue weighted by Crippen LogP contribution is -2.46. The zero-order valence-corrected chi connectivity index (χ0v) is 9.24. The van der Waals surface area contributed by atoms with E-state index in [1.165, 1.54) is 0 Å². The molecule has 1 fully saturated rings. The van der Waals surface area contributed by atoms with Crippen molar-refractivity contribution in [3.63, 3.8) is 0 Å². The van der Waals surface area contributed by atoms with Crippen LogP contribution in [-0.2, 0) is 4.74 Å². The highest BCUT2D eigenvalue weighted by molar-refractivity contribution is 5.69. The van der Waals surface area contributed by atoms with E-state index in [9.17, 15) is 0 Å². The zero-order valence-electron chi connectivity index (χ0n) is 9.24. The lowest BCUT2D eigenvalue weighted by atomic mass is 10.2. The first-order chi connectivity index (χ1) is 7.92. The number of hydrogen-bond acceptors (Lipinski definition) is 5. The van der Waals surface area contributed by atoms with Crippen LogP contribution in [0.25, 0.3) is 0 Å². The highest BCUT2D eigenvalue weighted by Crippen LogP contribution is 2.26. The molecule has 0 bridgehead atoms. The van der Waals surface area contributed by atoms with Gasteiger partial charge in [-0.15, -0.1) is 0 Å². The van der Waals surface area contributed by atoms with Gasteiger partial charge in [-0.25, -0.2) is 0 Å². The fraction of sp³-hybridized carbons (Fsp3) is 0.636. The Balaban J connectivity index is 1.57. The molecule has 0 aromatic carbocycles. The molecule has 2 N–H and O–H groups in total. The summed E-state index contributed by atoms with van der Waals surface area (Å²) in [6.07, 6.45) is 3.50. The number of hydrogen-bond donors (Lipinski definition) is 2. The fourth-order valence-corrected chi connectivity index (χ4v) is 2.26. The number of ether oxygens (including phenoxy) is 1. The van der Waals surface area contributed by atoms with Crippen LogP contribution in [0.15, 0.2) is 16.9 Å². The van der Waals surface area contributed by atoms with E-state index in [0.717, 1.165) is 50.8 Å². The van der Waals surface area contributed by atoms with Crippen molar-refractivity contribution >= 4 is 11.4 Å². The molecule has 0 amide bonds. The summed E-state index contributed by atoms with van der Waals surface area (Å²) in [6, 6.07) is 0.447. The molecule has 2 aliphatic rings. The topological polar surface area (TPSA) is 49.7 Å². The summed E-state index contributed by atoms with van der Waals surface area (Å²) in [5.74, 6) is 0. The van der Waals surface area contributed by atoms with Crippen LogP contribution >= 0.6 is 0 Å². The average Bonchev–Trinajstić information content (AvgIpc) is 2.77. The SMILES string of the molecule is c1occ2c1NCC(CN1CCOCC1)N2. The number of morpholine rings is 1. The Labute approximate surface area is 94.7 Å². The van der Waals surface area contributed by atoms with Gasteiger partial charge >= 0.3 is 0 Å². The van der Waals surface area contributed by atoms with Crippen LogP contribution in [0.2, 0.25) is 0 Å². The molecular weight excluding hydrogens is 206 g/mol. The molecule has 0 spiro atoms. The minimum atomic E-state index is 0.447. The molecule has 1 atom stereocenters. The van der Waals surface area contributed by atoms with Gasteiger partial charge in [0.15, 0.2) is 0 Å². The van der Waals surface area contributed by atoms with E-state index < -0.39 is 0 Å². The van der Waals surface area contributed by atoms with Crippen molar-refractivity contribution in [3.8, 4) is 0 Å². The second-order valence-electron chi connectivity index (χ2n) is 4.33. The van der Waals surface area contributed by atoms with Crippen molar-refractivity contribution in [2.75, 3.05) is 50.0 Å². The Morgan fingerprint density at radius 3 is 2.94 bits per heavy atom. The third-order valence-electron chi connectivity index (χ3n) is 3.14. The highest BCUT2D eigenvalue weighted by Gasteiger charge is 2.21. The largest absolute Gasteiger partial charge is 0.468 e. The Bertz CT molecular complexity index is 347. The number of furan rings is 1. The van der Waals surface area contributed by atoms with E-state index in [1.54, 1.807) is 12.5 Å². The number of fused-ring (bicyclic) bond motifs is 1. The predicted octanol–water partition coefficient (Wildman–Crippen LogP) is 0.818. The molecule has 1 aromatic heterocycles. The lowest BCUT2D eigenvalue weighted by Gasteiger charge is -2.33. The summed E-state index contributed by atoms with van der Waals surface area (Å²) < 4.78 is 10.5. The molecule has 0 saturated carbocycles. The molecule has 16 heavy (non-hydrogen) atoms. The molecule has 5 heteroatoms. The molecule has 0 aliphatic carbocycles.